The number of hydrogen-bond donors (Lipinski definition) is 1. The first-order valence-electron chi connectivity index (χ1n) is 7.09. The number of nitrogens with two attached hydrogens (primary N) is 1. The molecular formula is C16H26N2. The third-order valence-electron chi connectivity index (χ3n) is 3.84. The fraction of sp³-hybridized carbons (Fsp3) is 0.625. The van der Waals surface area contributed by atoms with E-state index in [2.05, 4.69) is 43.0 Å². The lowest BCUT2D eigenvalue weighted by Crippen LogP contribution is -2.39. The maximum Gasteiger partial charge on any atom is 0.0233 e. The first-order chi connectivity index (χ1) is 8.59. The second-order valence-electron chi connectivity index (χ2n) is 6.33. The van der Waals surface area contributed by atoms with Gasteiger partial charge in [0.05, 0.1) is 0 Å². The minimum absolute atomic E-state index is 0.484. The lowest BCUT2D eigenvalue weighted by molar-refractivity contribution is 0.111. The van der Waals surface area contributed by atoms with Crippen LogP contribution in [-0.4, -0.2) is 24.5 Å². The van der Waals surface area contributed by atoms with Crippen LogP contribution in [0.1, 0.15) is 37.8 Å². The predicted molar refractivity (Wildman–Crippen MR) is 77.5 cm³/mol. The molecule has 1 saturated heterocycles. The molecule has 1 fully saturated rings. The van der Waals surface area contributed by atoms with E-state index in [1.54, 1.807) is 0 Å². The van der Waals surface area contributed by atoms with Gasteiger partial charge in [-0.25, -0.2) is 0 Å². The minimum atomic E-state index is 0.484. The molecule has 0 bridgehead atoms. The van der Waals surface area contributed by atoms with Crippen molar-refractivity contribution < 1.29 is 0 Å². The van der Waals surface area contributed by atoms with E-state index in [9.17, 15) is 0 Å². The summed E-state index contributed by atoms with van der Waals surface area (Å²) in [6, 6.07) is 8.95. The van der Waals surface area contributed by atoms with E-state index in [0.717, 1.165) is 19.5 Å². The second-order valence-corrected chi connectivity index (χ2v) is 6.33. The molecule has 1 aliphatic rings. The van der Waals surface area contributed by atoms with Gasteiger partial charge in [-0.05, 0) is 48.9 Å². The average Bonchev–Trinajstić information content (AvgIpc) is 2.31. The molecule has 18 heavy (non-hydrogen) atoms. The van der Waals surface area contributed by atoms with Crippen molar-refractivity contribution in [2.24, 2.45) is 11.1 Å². The summed E-state index contributed by atoms with van der Waals surface area (Å²) in [5, 5.41) is 0. The largest absolute Gasteiger partial charge is 0.330 e. The standard InChI is InChI=1S/C16H26N2/c1-16(2)9-3-11-18(13-16)12-15-6-4-14(5-7-15)8-10-17/h4-7H,3,8-13,17H2,1-2H3. The Hall–Kier alpha value is -0.860. The Balaban J connectivity index is 1.92. The summed E-state index contributed by atoms with van der Waals surface area (Å²) >= 11 is 0. The van der Waals surface area contributed by atoms with Crippen molar-refractivity contribution in [2.75, 3.05) is 19.6 Å². The zero-order valence-corrected chi connectivity index (χ0v) is 11.8. The van der Waals surface area contributed by atoms with E-state index in [0.29, 0.717) is 5.41 Å². The first-order valence-corrected chi connectivity index (χ1v) is 7.09. The number of nitrogens with zero attached hydrogens (tertiary/aromatic N) is 1. The van der Waals surface area contributed by atoms with E-state index >= 15 is 0 Å². The van der Waals surface area contributed by atoms with Crippen molar-refractivity contribution >= 4 is 0 Å². The van der Waals surface area contributed by atoms with Gasteiger partial charge in [0.25, 0.3) is 0 Å². The van der Waals surface area contributed by atoms with E-state index in [4.69, 9.17) is 5.73 Å². The molecular weight excluding hydrogens is 220 g/mol. The van der Waals surface area contributed by atoms with Crippen molar-refractivity contribution in [1.82, 2.24) is 4.90 Å². The smallest absolute Gasteiger partial charge is 0.0233 e. The van der Waals surface area contributed by atoms with Crippen LogP contribution < -0.4 is 5.73 Å². The highest BCUT2D eigenvalue weighted by Gasteiger charge is 2.25. The summed E-state index contributed by atoms with van der Waals surface area (Å²) in [5.74, 6) is 0. The zero-order valence-electron chi connectivity index (χ0n) is 11.8. The van der Waals surface area contributed by atoms with Crippen LogP contribution in [0.4, 0.5) is 0 Å². The van der Waals surface area contributed by atoms with Gasteiger partial charge < -0.3 is 5.73 Å². The number of likely N-dealkylation sites (tertiary alicyclic amines) is 1. The van der Waals surface area contributed by atoms with Crippen molar-refractivity contribution in [1.29, 1.82) is 0 Å². The molecule has 0 amide bonds. The van der Waals surface area contributed by atoms with Gasteiger partial charge in [0.15, 0.2) is 0 Å². The predicted octanol–water partition coefficient (Wildman–Crippen LogP) is 2.81. The number of rotatable bonds is 4. The normalized spacial score (nSPS) is 19.9. The quantitative estimate of drug-likeness (QED) is 0.885. The molecule has 0 aliphatic carbocycles. The Labute approximate surface area is 111 Å². The molecule has 1 aliphatic heterocycles. The Bertz CT molecular complexity index is 367. The number of benzene rings is 1. The van der Waals surface area contributed by atoms with Crippen LogP contribution in [0.2, 0.25) is 0 Å². The SMILES string of the molecule is CC1(C)CCCN(Cc2ccc(CCN)cc2)C1. The maximum atomic E-state index is 5.57. The molecule has 2 rings (SSSR count). The fourth-order valence-electron chi connectivity index (χ4n) is 2.92. The topological polar surface area (TPSA) is 29.3 Å². The maximum absolute atomic E-state index is 5.57. The van der Waals surface area contributed by atoms with Crippen LogP contribution in [0.25, 0.3) is 0 Å². The van der Waals surface area contributed by atoms with Crippen molar-refractivity contribution in [3.63, 3.8) is 0 Å². The van der Waals surface area contributed by atoms with Gasteiger partial charge in [-0.15, -0.1) is 0 Å². The third-order valence-corrected chi connectivity index (χ3v) is 3.84. The Morgan fingerprint density at radius 3 is 2.44 bits per heavy atom. The summed E-state index contributed by atoms with van der Waals surface area (Å²) in [6.07, 6.45) is 3.67. The Morgan fingerprint density at radius 2 is 1.83 bits per heavy atom. The molecule has 2 nitrogen and oxygen atoms in total. The van der Waals surface area contributed by atoms with Gasteiger partial charge in [-0.2, -0.15) is 0 Å². The minimum Gasteiger partial charge on any atom is -0.330 e. The molecule has 0 radical (unpaired) electrons. The molecule has 2 N–H and O–H groups in total. The Kier molecular flexibility index (Phi) is 4.41. The van der Waals surface area contributed by atoms with Crippen molar-refractivity contribution in [3.8, 4) is 0 Å². The van der Waals surface area contributed by atoms with Gasteiger partial charge in [-0.3, -0.25) is 4.90 Å². The van der Waals surface area contributed by atoms with Crippen molar-refractivity contribution in [2.45, 2.75) is 39.7 Å². The van der Waals surface area contributed by atoms with Gasteiger partial charge >= 0.3 is 0 Å². The summed E-state index contributed by atoms with van der Waals surface area (Å²) in [7, 11) is 0. The van der Waals surface area contributed by atoms with E-state index in [-0.39, 0.29) is 0 Å². The highest BCUT2D eigenvalue weighted by molar-refractivity contribution is 5.22. The van der Waals surface area contributed by atoms with E-state index < -0.39 is 0 Å². The van der Waals surface area contributed by atoms with Crippen LogP contribution in [0.3, 0.4) is 0 Å². The molecule has 1 heterocycles. The third kappa shape index (κ3) is 3.82. The molecule has 0 atom stereocenters. The average molecular weight is 246 g/mol. The highest BCUT2D eigenvalue weighted by atomic mass is 15.1. The number of hydrogen-bond acceptors (Lipinski definition) is 2. The van der Waals surface area contributed by atoms with E-state index in [1.807, 2.05) is 0 Å². The monoisotopic (exact) mass is 246 g/mol. The second kappa shape index (κ2) is 5.85. The molecule has 0 spiro atoms. The summed E-state index contributed by atoms with van der Waals surface area (Å²) in [4.78, 5) is 2.58. The lowest BCUT2D eigenvalue weighted by atomic mass is 9.84. The van der Waals surface area contributed by atoms with Crippen LogP contribution >= 0.6 is 0 Å². The van der Waals surface area contributed by atoms with Gasteiger partial charge in [0.2, 0.25) is 0 Å². The molecule has 100 valence electrons. The van der Waals surface area contributed by atoms with Crippen molar-refractivity contribution in [3.05, 3.63) is 35.4 Å². The van der Waals surface area contributed by atoms with Crippen LogP contribution in [0.5, 0.6) is 0 Å². The zero-order chi connectivity index (χ0) is 13.0. The molecule has 2 heteroatoms. The summed E-state index contributed by atoms with van der Waals surface area (Å²) < 4.78 is 0. The van der Waals surface area contributed by atoms with Crippen LogP contribution in [-0.2, 0) is 13.0 Å². The Morgan fingerprint density at radius 1 is 1.17 bits per heavy atom. The fourth-order valence-corrected chi connectivity index (χ4v) is 2.92. The molecule has 0 saturated carbocycles. The summed E-state index contributed by atoms with van der Waals surface area (Å²) in [6.45, 7) is 9.05. The van der Waals surface area contributed by atoms with Crippen LogP contribution in [0, 0.1) is 5.41 Å². The van der Waals surface area contributed by atoms with E-state index in [1.165, 1.54) is 37.1 Å². The molecule has 1 aromatic carbocycles. The lowest BCUT2D eigenvalue weighted by Gasteiger charge is -2.38. The molecule has 0 unspecified atom stereocenters. The number of piperidine rings is 1. The van der Waals surface area contributed by atoms with Crippen LogP contribution in [0.15, 0.2) is 24.3 Å². The highest BCUT2D eigenvalue weighted by Crippen LogP contribution is 2.29. The first kappa shape index (κ1) is 13.6. The molecule has 1 aromatic rings. The van der Waals surface area contributed by atoms with Gasteiger partial charge in [0.1, 0.15) is 0 Å². The summed E-state index contributed by atoms with van der Waals surface area (Å²) in [5.41, 5.74) is 8.83. The molecule has 0 aromatic heterocycles. The van der Waals surface area contributed by atoms with Gasteiger partial charge in [0, 0.05) is 13.1 Å². The van der Waals surface area contributed by atoms with Gasteiger partial charge in [-0.1, -0.05) is 38.1 Å².